The monoisotopic (exact) mass is 479 g/mol. The lowest BCUT2D eigenvalue weighted by Crippen LogP contribution is -2.41. The molecular weight excluding hydrogens is 446 g/mol. The van der Waals surface area contributed by atoms with Gasteiger partial charge in [0.25, 0.3) is 5.91 Å². The molecule has 0 unspecified atom stereocenters. The summed E-state index contributed by atoms with van der Waals surface area (Å²) < 4.78 is 11.7. The number of morpholine rings is 1. The van der Waals surface area contributed by atoms with Gasteiger partial charge in [0.15, 0.2) is 5.76 Å². The molecule has 2 aliphatic rings. The predicted octanol–water partition coefficient (Wildman–Crippen LogP) is 5.55. The number of pyridine rings is 1. The number of rotatable bonds is 7. The Hall–Kier alpha value is -2.51. The summed E-state index contributed by atoms with van der Waals surface area (Å²) in [7, 11) is 0. The molecule has 1 aromatic carbocycles. The van der Waals surface area contributed by atoms with Gasteiger partial charge in [0.2, 0.25) is 0 Å². The van der Waals surface area contributed by atoms with Crippen LogP contribution >= 0.6 is 11.8 Å². The van der Waals surface area contributed by atoms with Crippen molar-refractivity contribution in [3.63, 3.8) is 0 Å². The summed E-state index contributed by atoms with van der Waals surface area (Å²) in [4.78, 5) is 20.0. The minimum absolute atomic E-state index is 0.165. The number of carbonyl (C=O) groups is 1. The quantitative estimate of drug-likeness (QED) is 0.479. The average Bonchev–Trinajstić information content (AvgIpc) is 3.26. The molecule has 1 atom stereocenters. The lowest BCUT2D eigenvalue weighted by Gasteiger charge is -2.32. The molecule has 1 saturated carbocycles. The van der Waals surface area contributed by atoms with Crippen molar-refractivity contribution in [3.8, 4) is 0 Å². The first-order valence-corrected chi connectivity index (χ1v) is 13.4. The van der Waals surface area contributed by atoms with Gasteiger partial charge in [0.05, 0.1) is 12.7 Å². The molecule has 1 aliphatic heterocycles. The number of hydrogen-bond donors (Lipinski definition) is 1. The van der Waals surface area contributed by atoms with Crippen molar-refractivity contribution in [2.45, 2.75) is 62.7 Å². The Kier molecular flexibility index (Phi) is 7.40. The average molecular weight is 480 g/mol. The van der Waals surface area contributed by atoms with Gasteiger partial charge in [0, 0.05) is 47.8 Å². The highest BCUT2D eigenvalue weighted by Crippen LogP contribution is 2.35. The number of benzene rings is 1. The number of amides is 1. The number of thioether (sulfide) groups is 1. The number of hydrogen-bond acceptors (Lipinski definition) is 6. The Labute approximate surface area is 205 Å². The van der Waals surface area contributed by atoms with Crippen molar-refractivity contribution in [1.82, 2.24) is 10.3 Å². The van der Waals surface area contributed by atoms with E-state index in [1.807, 2.05) is 48.3 Å². The molecule has 3 heterocycles. The molecule has 0 radical (unpaired) electrons. The molecule has 1 N–H and O–H groups in total. The van der Waals surface area contributed by atoms with Gasteiger partial charge in [-0.05, 0) is 37.5 Å². The van der Waals surface area contributed by atoms with E-state index in [0.29, 0.717) is 17.6 Å². The number of ether oxygens (including phenoxy) is 1. The first-order chi connectivity index (χ1) is 16.7. The third-order valence-corrected chi connectivity index (χ3v) is 8.15. The standard InChI is InChI=1S/C27H33N3O3S/c1-19-17-30(13-14-32-19)25-12-11-20(15-28-25)16-29-27(31)26-23(18-34-21-7-3-2-4-8-21)22-9-5-6-10-24(22)33-26/h5-6,9-12,15,19,21H,2-4,7-8,13-14,16-18H2,1H3,(H,29,31)/t19-/m0/s1. The number of fused-ring (bicyclic) bond motifs is 1. The molecule has 6 nitrogen and oxygen atoms in total. The van der Waals surface area contributed by atoms with E-state index in [9.17, 15) is 4.79 Å². The Morgan fingerprint density at radius 2 is 2.03 bits per heavy atom. The Morgan fingerprint density at radius 1 is 1.18 bits per heavy atom. The number of aromatic nitrogens is 1. The highest BCUT2D eigenvalue weighted by molar-refractivity contribution is 7.99. The van der Waals surface area contributed by atoms with Crippen LogP contribution in [0.5, 0.6) is 0 Å². The molecule has 1 saturated heterocycles. The van der Waals surface area contributed by atoms with Crippen LogP contribution in [0.4, 0.5) is 5.82 Å². The lowest BCUT2D eigenvalue weighted by molar-refractivity contribution is 0.0529. The zero-order valence-electron chi connectivity index (χ0n) is 19.8. The topological polar surface area (TPSA) is 67.6 Å². The van der Waals surface area contributed by atoms with Crippen LogP contribution in [0, 0.1) is 0 Å². The van der Waals surface area contributed by atoms with Gasteiger partial charge in [-0.3, -0.25) is 4.79 Å². The van der Waals surface area contributed by atoms with E-state index in [2.05, 4.69) is 28.2 Å². The number of para-hydroxylation sites is 1. The van der Waals surface area contributed by atoms with Crippen molar-refractivity contribution in [2.75, 3.05) is 24.6 Å². The molecule has 7 heteroatoms. The molecule has 1 aliphatic carbocycles. The van der Waals surface area contributed by atoms with E-state index in [-0.39, 0.29) is 12.0 Å². The summed E-state index contributed by atoms with van der Waals surface area (Å²) in [6.07, 6.45) is 8.57. The zero-order valence-corrected chi connectivity index (χ0v) is 20.6. The summed E-state index contributed by atoms with van der Waals surface area (Å²) >= 11 is 1.97. The second kappa shape index (κ2) is 10.8. The number of nitrogens with one attached hydrogen (secondary N) is 1. The number of anilines is 1. The highest BCUT2D eigenvalue weighted by Gasteiger charge is 2.23. The molecule has 2 fully saturated rings. The fourth-order valence-corrected chi connectivity index (χ4v) is 6.21. The van der Waals surface area contributed by atoms with Crippen LogP contribution in [-0.4, -0.2) is 41.9 Å². The molecule has 0 bridgehead atoms. The van der Waals surface area contributed by atoms with Gasteiger partial charge >= 0.3 is 0 Å². The van der Waals surface area contributed by atoms with Crippen molar-refractivity contribution in [3.05, 3.63) is 59.5 Å². The molecule has 34 heavy (non-hydrogen) atoms. The summed E-state index contributed by atoms with van der Waals surface area (Å²) in [6.45, 7) is 4.91. The van der Waals surface area contributed by atoms with Crippen molar-refractivity contribution < 1.29 is 13.9 Å². The van der Waals surface area contributed by atoms with Crippen LogP contribution in [0.3, 0.4) is 0 Å². The van der Waals surface area contributed by atoms with E-state index in [0.717, 1.165) is 53.4 Å². The minimum Gasteiger partial charge on any atom is -0.451 e. The van der Waals surface area contributed by atoms with E-state index >= 15 is 0 Å². The first kappa shape index (κ1) is 23.2. The van der Waals surface area contributed by atoms with Gasteiger partial charge in [-0.15, -0.1) is 0 Å². The van der Waals surface area contributed by atoms with Crippen molar-refractivity contribution in [2.24, 2.45) is 0 Å². The fraction of sp³-hybridized carbons (Fsp3) is 0.481. The third-order valence-electron chi connectivity index (χ3n) is 6.75. The number of carbonyl (C=O) groups excluding carboxylic acids is 1. The van der Waals surface area contributed by atoms with Gasteiger partial charge in [-0.25, -0.2) is 4.98 Å². The maximum atomic E-state index is 13.2. The Morgan fingerprint density at radius 3 is 2.82 bits per heavy atom. The van der Waals surface area contributed by atoms with Gasteiger partial charge < -0.3 is 19.4 Å². The van der Waals surface area contributed by atoms with Crippen molar-refractivity contribution in [1.29, 1.82) is 0 Å². The number of nitrogens with zero attached hydrogens (tertiary/aromatic N) is 2. The van der Waals surface area contributed by atoms with Crippen LogP contribution in [0.25, 0.3) is 11.0 Å². The highest BCUT2D eigenvalue weighted by atomic mass is 32.2. The molecule has 1 amide bonds. The van der Waals surface area contributed by atoms with Gasteiger partial charge in [0.1, 0.15) is 11.4 Å². The van der Waals surface area contributed by atoms with Crippen LogP contribution in [0.1, 0.15) is 60.7 Å². The van der Waals surface area contributed by atoms with E-state index in [1.165, 1.54) is 32.1 Å². The maximum Gasteiger partial charge on any atom is 0.287 e. The smallest absolute Gasteiger partial charge is 0.287 e. The van der Waals surface area contributed by atoms with Crippen molar-refractivity contribution >= 4 is 34.5 Å². The first-order valence-electron chi connectivity index (χ1n) is 12.4. The fourth-order valence-electron chi connectivity index (χ4n) is 4.86. The molecule has 180 valence electrons. The molecular formula is C27H33N3O3S. The largest absolute Gasteiger partial charge is 0.451 e. The molecule has 3 aromatic rings. The predicted molar refractivity (Wildman–Crippen MR) is 137 cm³/mol. The number of furan rings is 1. The second-order valence-electron chi connectivity index (χ2n) is 9.31. The summed E-state index contributed by atoms with van der Waals surface area (Å²) in [6, 6.07) is 12.0. The van der Waals surface area contributed by atoms with E-state index in [1.54, 1.807) is 0 Å². The lowest BCUT2D eigenvalue weighted by atomic mass is 10.0. The van der Waals surface area contributed by atoms with Crippen LogP contribution in [-0.2, 0) is 17.0 Å². The Bertz CT molecular complexity index is 1110. The summed E-state index contributed by atoms with van der Waals surface area (Å²) in [5, 5.41) is 4.77. The Balaban J connectivity index is 1.25. The second-order valence-corrected chi connectivity index (χ2v) is 10.6. The van der Waals surface area contributed by atoms with Crippen LogP contribution < -0.4 is 10.2 Å². The van der Waals surface area contributed by atoms with E-state index in [4.69, 9.17) is 9.15 Å². The normalized spacial score (nSPS) is 19.4. The molecule has 0 spiro atoms. The summed E-state index contributed by atoms with van der Waals surface area (Å²) in [5.41, 5.74) is 2.75. The molecule has 5 rings (SSSR count). The third kappa shape index (κ3) is 5.41. The molecule has 2 aromatic heterocycles. The van der Waals surface area contributed by atoms with E-state index < -0.39 is 0 Å². The summed E-state index contributed by atoms with van der Waals surface area (Å²) in [5.74, 6) is 2.03. The van der Waals surface area contributed by atoms with Crippen LogP contribution in [0.15, 0.2) is 47.0 Å². The zero-order chi connectivity index (χ0) is 23.3. The van der Waals surface area contributed by atoms with Gasteiger partial charge in [-0.1, -0.05) is 43.5 Å². The minimum atomic E-state index is -0.165. The van der Waals surface area contributed by atoms with Crippen LogP contribution in [0.2, 0.25) is 0 Å². The SMILES string of the molecule is C[C@H]1CN(c2ccc(CNC(=O)c3oc4ccccc4c3CSC3CCCCC3)cn2)CCO1. The maximum absolute atomic E-state index is 13.2. The van der Waals surface area contributed by atoms with Gasteiger partial charge in [-0.2, -0.15) is 11.8 Å².